The lowest BCUT2D eigenvalue weighted by molar-refractivity contribution is -0.117. The number of benzene rings is 2. The Kier molecular flexibility index (Phi) is 3.31. The monoisotopic (exact) mass is 311 g/mol. The molecule has 2 aliphatic rings. The molecule has 3 N–H and O–H groups in total. The van der Waals surface area contributed by atoms with E-state index in [0.29, 0.717) is 18.2 Å². The lowest BCUT2D eigenvalue weighted by atomic mass is 10.1. The van der Waals surface area contributed by atoms with Crippen molar-refractivity contribution in [3.63, 3.8) is 0 Å². The van der Waals surface area contributed by atoms with E-state index in [1.807, 2.05) is 17.0 Å². The number of para-hydroxylation sites is 1. The molecule has 5 heteroatoms. The summed E-state index contributed by atoms with van der Waals surface area (Å²) in [6.07, 6.45) is 2.43. The van der Waals surface area contributed by atoms with Gasteiger partial charge in [-0.25, -0.2) is 4.39 Å². The third-order valence-corrected chi connectivity index (χ3v) is 4.48. The van der Waals surface area contributed by atoms with Crippen molar-refractivity contribution in [1.82, 2.24) is 0 Å². The van der Waals surface area contributed by atoms with Crippen molar-refractivity contribution in [3.8, 4) is 0 Å². The maximum Gasteiger partial charge on any atom is 0.243 e. The largest absolute Gasteiger partial charge is 0.338 e. The van der Waals surface area contributed by atoms with Crippen LogP contribution in [0.15, 0.2) is 42.5 Å². The van der Waals surface area contributed by atoms with Crippen LogP contribution in [-0.4, -0.2) is 18.5 Å². The van der Waals surface area contributed by atoms with E-state index in [9.17, 15) is 9.18 Å². The predicted octanol–water partition coefficient (Wildman–Crippen LogP) is 3.12. The van der Waals surface area contributed by atoms with Gasteiger partial charge in [0, 0.05) is 12.2 Å². The molecule has 1 fully saturated rings. The van der Waals surface area contributed by atoms with Crippen LogP contribution in [0.5, 0.6) is 0 Å². The lowest BCUT2D eigenvalue weighted by Gasteiger charge is -2.26. The summed E-state index contributed by atoms with van der Waals surface area (Å²) < 4.78 is 14.2. The highest BCUT2D eigenvalue weighted by atomic mass is 19.1. The Hall–Kier alpha value is -2.40. The number of nitrogens with zero attached hydrogens (tertiary/aromatic N) is 1. The summed E-state index contributed by atoms with van der Waals surface area (Å²) in [7, 11) is 0. The number of nitrogens with two attached hydrogens (primary N) is 1. The molecular weight excluding hydrogens is 293 g/mol. The molecule has 1 amide bonds. The molecule has 0 bridgehead atoms. The van der Waals surface area contributed by atoms with Crippen LogP contribution in [0.3, 0.4) is 0 Å². The molecule has 1 atom stereocenters. The fourth-order valence-corrected chi connectivity index (χ4v) is 3.06. The summed E-state index contributed by atoms with van der Waals surface area (Å²) >= 11 is 0. The molecule has 2 aromatic rings. The van der Waals surface area contributed by atoms with E-state index in [1.165, 1.54) is 24.5 Å². The molecule has 0 saturated heterocycles. The van der Waals surface area contributed by atoms with Crippen molar-refractivity contribution >= 4 is 23.0 Å². The highest BCUT2D eigenvalue weighted by Crippen LogP contribution is 2.42. The zero-order valence-electron chi connectivity index (χ0n) is 12.6. The first-order valence-electron chi connectivity index (χ1n) is 7.86. The molecule has 4 rings (SSSR count). The number of anilines is 3. The van der Waals surface area contributed by atoms with Crippen LogP contribution >= 0.6 is 0 Å². The fourth-order valence-electron chi connectivity index (χ4n) is 3.06. The maximum atomic E-state index is 14.2. The van der Waals surface area contributed by atoms with E-state index >= 15 is 0 Å². The van der Waals surface area contributed by atoms with Crippen LogP contribution in [0, 0.1) is 5.82 Å². The molecule has 118 valence electrons. The standard InChI is InChI=1S/C18H18FN3O/c19-14-5-2-6-16-17(14)21-18(23)15(20)10-22(16)13-4-1-3-12(9-13)11-7-8-11/h1-6,9,11,15H,7-8,10,20H2,(H,21,23). The topological polar surface area (TPSA) is 58.4 Å². The summed E-state index contributed by atoms with van der Waals surface area (Å²) in [5.74, 6) is -0.187. The van der Waals surface area contributed by atoms with Crippen molar-refractivity contribution < 1.29 is 9.18 Å². The minimum absolute atomic E-state index is 0.197. The Labute approximate surface area is 134 Å². The van der Waals surface area contributed by atoms with Gasteiger partial charge in [-0.3, -0.25) is 4.79 Å². The number of carbonyl (C=O) groups is 1. The molecule has 2 aromatic carbocycles. The van der Waals surface area contributed by atoms with Crippen LogP contribution in [0.2, 0.25) is 0 Å². The number of fused-ring (bicyclic) bond motifs is 1. The van der Waals surface area contributed by atoms with Gasteiger partial charge in [0.05, 0.1) is 5.69 Å². The maximum absolute atomic E-state index is 14.2. The van der Waals surface area contributed by atoms with Crippen LogP contribution in [0.25, 0.3) is 0 Å². The van der Waals surface area contributed by atoms with Gasteiger partial charge in [-0.2, -0.15) is 0 Å². The Morgan fingerprint density at radius 1 is 1.17 bits per heavy atom. The van der Waals surface area contributed by atoms with E-state index in [2.05, 4.69) is 17.4 Å². The molecule has 1 saturated carbocycles. The minimum Gasteiger partial charge on any atom is -0.338 e. The van der Waals surface area contributed by atoms with Crippen molar-refractivity contribution in [1.29, 1.82) is 0 Å². The first kappa shape index (κ1) is 14.2. The molecule has 1 unspecified atom stereocenters. The molecule has 4 nitrogen and oxygen atoms in total. The third-order valence-electron chi connectivity index (χ3n) is 4.48. The van der Waals surface area contributed by atoms with Crippen molar-refractivity contribution in [2.75, 3.05) is 16.8 Å². The number of nitrogens with one attached hydrogen (secondary N) is 1. The van der Waals surface area contributed by atoms with Gasteiger partial charge < -0.3 is 16.0 Å². The average Bonchev–Trinajstić information content (AvgIpc) is 3.39. The molecule has 0 spiro atoms. The van der Waals surface area contributed by atoms with Gasteiger partial charge >= 0.3 is 0 Å². The normalized spacial score (nSPS) is 20.7. The summed E-state index contributed by atoms with van der Waals surface area (Å²) in [4.78, 5) is 14.0. The molecule has 1 heterocycles. The zero-order chi connectivity index (χ0) is 16.0. The number of hydrogen-bond donors (Lipinski definition) is 2. The van der Waals surface area contributed by atoms with E-state index in [0.717, 1.165) is 5.69 Å². The fraction of sp³-hybridized carbons (Fsp3) is 0.278. The van der Waals surface area contributed by atoms with Gasteiger partial charge in [-0.1, -0.05) is 18.2 Å². The second-order valence-corrected chi connectivity index (χ2v) is 6.21. The first-order chi connectivity index (χ1) is 11.1. The number of hydrogen-bond acceptors (Lipinski definition) is 3. The quantitative estimate of drug-likeness (QED) is 0.896. The van der Waals surface area contributed by atoms with Crippen LogP contribution in [0.1, 0.15) is 24.3 Å². The highest BCUT2D eigenvalue weighted by molar-refractivity contribution is 6.00. The molecule has 0 radical (unpaired) electrons. The van der Waals surface area contributed by atoms with Gasteiger partial charge in [0.15, 0.2) is 0 Å². The average molecular weight is 311 g/mol. The van der Waals surface area contributed by atoms with Gasteiger partial charge in [-0.15, -0.1) is 0 Å². The summed E-state index contributed by atoms with van der Waals surface area (Å²) in [6, 6.07) is 12.3. The molecule has 0 aromatic heterocycles. The Morgan fingerprint density at radius 2 is 1.96 bits per heavy atom. The van der Waals surface area contributed by atoms with Gasteiger partial charge in [0.25, 0.3) is 0 Å². The van der Waals surface area contributed by atoms with Gasteiger partial charge in [0.2, 0.25) is 5.91 Å². The van der Waals surface area contributed by atoms with Gasteiger partial charge in [0.1, 0.15) is 17.5 Å². The first-order valence-corrected chi connectivity index (χ1v) is 7.86. The zero-order valence-corrected chi connectivity index (χ0v) is 12.6. The number of halogens is 1. The minimum atomic E-state index is -0.716. The van der Waals surface area contributed by atoms with Crippen LogP contribution in [0.4, 0.5) is 21.5 Å². The number of amides is 1. The molecule has 23 heavy (non-hydrogen) atoms. The Balaban J connectivity index is 1.82. The van der Waals surface area contributed by atoms with Crippen molar-refractivity contribution in [2.24, 2.45) is 5.73 Å². The second-order valence-electron chi connectivity index (χ2n) is 6.21. The highest BCUT2D eigenvalue weighted by Gasteiger charge is 2.29. The molecule has 1 aliphatic carbocycles. The third kappa shape index (κ3) is 2.57. The summed E-state index contributed by atoms with van der Waals surface area (Å²) in [5, 5.41) is 2.61. The summed E-state index contributed by atoms with van der Waals surface area (Å²) in [6.45, 7) is 0.316. The smallest absolute Gasteiger partial charge is 0.243 e. The van der Waals surface area contributed by atoms with Crippen LogP contribution in [-0.2, 0) is 4.79 Å². The predicted molar refractivity (Wildman–Crippen MR) is 88.4 cm³/mol. The molecule has 1 aliphatic heterocycles. The van der Waals surface area contributed by atoms with Crippen LogP contribution < -0.4 is 16.0 Å². The van der Waals surface area contributed by atoms with E-state index in [4.69, 9.17) is 5.73 Å². The van der Waals surface area contributed by atoms with E-state index in [-0.39, 0.29) is 11.6 Å². The second kappa shape index (κ2) is 5.35. The number of rotatable bonds is 2. The number of carbonyl (C=O) groups excluding carboxylic acids is 1. The van der Waals surface area contributed by atoms with Crippen molar-refractivity contribution in [2.45, 2.75) is 24.8 Å². The van der Waals surface area contributed by atoms with E-state index in [1.54, 1.807) is 12.1 Å². The molecular formula is C18H18FN3O. The lowest BCUT2D eigenvalue weighted by Crippen LogP contribution is -2.41. The van der Waals surface area contributed by atoms with Crippen molar-refractivity contribution in [3.05, 3.63) is 53.8 Å². The van der Waals surface area contributed by atoms with E-state index < -0.39 is 11.9 Å². The van der Waals surface area contributed by atoms with Gasteiger partial charge in [-0.05, 0) is 48.6 Å². The summed E-state index contributed by atoms with van der Waals surface area (Å²) in [5.41, 5.74) is 9.03. The Bertz CT molecular complexity index is 773. The Morgan fingerprint density at radius 3 is 2.74 bits per heavy atom. The SMILES string of the molecule is NC1CN(c2cccc(C3CC3)c2)c2cccc(F)c2NC1=O.